The minimum Gasteiger partial charge on any atom is -0.380 e. The first kappa shape index (κ1) is 20.4. The van der Waals surface area contributed by atoms with Crippen molar-refractivity contribution < 1.29 is 18.3 Å². The molecule has 4 nitrogen and oxygen atoms in total. The highest BCUT2D eigenvalue weighted by Gasteiger charge is 2.13. The molecule has 28 heavy (non-hydrogen) atoms. The highest BCUT2D eigenvalue weighted by atomic mass is 35.5. The lowest BCUT2D eigenvalue weighted by atomic mass is 10.2. The smallest absolute Gasteiger partial charge is 0.272 e. The number of hydrogen-bond donors (Lipinski definition) is 0. The largest absolute Gasteiger partial charge is 0.380 e. The molecule has 0 N–H and O–H groups in total. The summed E-state index contributed by atoms with van der Waals surface area (Å²) in [4.78, 5) is 16.6. The van der Waals surface area contributed by atoms with Crippen molar-refractivity contribution in [2.24, 2.45) is 4.99 Å². The van der Waals surface area contributed by atoms with Gasteiger partial charge in [-0.25, -0.2) is 8.78 Å². The molecule has 0 aliphatic carbocycles. The molecule has 0 bridgehead atoms. The Kier molecular flexibility index (Phi) is 6.72. The van der Waals surface area contributed by atoms with Crippen LogP contribution in [0.15, 0.2) is 47.5 Å². The van der Waals surface area contributed by atoms with E-state index in [0.29, 0.717) is 28.5 Å². The molecule has 3 rings (SSSR count). The molecule has 0 radical (unpaired) electrons. The van der Waals surface area contributed by atoms with Crippen molar-refractivity contribution in [3.05, 3.63) is 69.5 Å². The number of amides is 1. The summed E-state index contributed by atoms with van der Waals surface area (Å²) >= 11 is 7.11. The zero-order valence-corrected chi connectivity index (χ0v) is 16.6. The quantitative estimate of drug-likeness (QED) is 0.422. The fourth-order valence-electron chi connectivity index (χ4n) is 2.62. The predicted molar refractivity (Wildman–Crippen MR) is 107 cm³/mol. The number of thiazole rings is 1. The van der Waals surface area contributed by atoms with E-state index in [1.54, 1.807) is 30.3 Å². The maximum atomic E-state index is 14.3. The summed E-state index contributed by atoms with van der Waals surface area (Å²) in [5.74, 6) is -1.92. The van der Waals surface area contributed by atoms with Gasteiger partial charge in [0.2, 0.25) is 0 Å². The van der Waals surface area contributed by atoms with Crippen LogP contribution in [0.4, 0.5) is 8.78 Å². The normalized spacial score (nSPS) is 12.4. The van der Waals surface area contributed by atoms with E-state index < -0.39 is 17.5 Å². The van der Waals surface area contributed by atoms with E-state index in [0.717, 1.165) is 17.4 Å². The molecule has 0 aliphatic rings. The van der Waals surface area contributed by atoms with E-state index in [1.807, 2.05) is 6.92 Å². The monoisotopic (exact) mass is 422 g/mol. The van der Waals surface area contributed by atoms with Gasteiger partial charge in [0.15, 0.2) is 10.6 Å². The SMILES string of the molecule is CCOCCn1c(=NC(=O)/C=C/c2ccccc2Cl)sc2cc(F)cc(F)c21. The third-order valence-electron chi connectivity index (χ3n) is 3.88. The number of nitrogens with zero attached hydrogens (tertiary/aromatic N) is 2. The first-order chi connectivity index (χ1) is 13.5. The van der Waals surface area contributed by atoms with Crippen molar-refractivity contribution in [1.29, 1.82) is 0 Å². The van der Waals surface area contributed by atoms with E-state index >= 15 is 0 Å². The second kappa shape index (κ2) is 9.23. The molecule has 1 amide bonds. The lowest BCUT2D eigenvalue weighted by Crippen LogP contribution is -2.19. The van der Waals surface area contributed by atoms with Gasteiger partial charge in [0.1, 0.15) is 5.82 Å². The molecule has 0 saturated carbocycles. The summed E-state index contributed by atoms with van der Waals surface area (Å²) in [6.45, 7) is 2.96. The molecule has 3 aromatic rings. The van der Waals surface area contributed by atoms with Crippen molar-refractivity contribution >= 4 is 45.1 Å². The first-order valence-corrected chi connectivity index (χ1v) is 9.76. The Labute approximate surface area is 169 Å². The zero-order valence-electron chi connectivity index (χ0n) is 15.0. The summed E-state index contributed by atoms with van der Waals surface area (Å²) in [7, 11) is 0. The lowest BCUT2D eigenvalue weighted by molar-refractivity contribution is -0.113. The topological polar surface area (TPSA) is 43.6 Å². The van der Waals surface area contributed by atoms with Gasteiger partial charge in [0, 0.05) is 30.3 Å². The average molecular weight is 423 g/mol. The maximum absolute atomic E-state index is 14.3. The summed E-state index contributed by atoms with van der Waals surface area (Å²) < 4.78 is 35.1. The fraction of sp³-hybridized carbons (Fsp3) is 0.200. The van der Waals surface area contributed by atoms with Crippen molar-refractivity contribution in [3.63, 3.8) is 0 Å². The van der Waals surface area contributed by atoms with Gasteiger partial charge in [-0.15, -0.1) is 0 Å². The maximum Gasteiger partial charge on any atom is 0.272 e. The minimum absolute atomic E-state index is 0.202. The summed E-state index contributed by atoms with van der Waals surface area (Å²) in [6.07, 6.45) is 2.85. The Morgan fingerprint density at radius 2 is 2.11 bits per heavy atom. The van der Waals surface area contributed by atoms with Crippen molar-refractivity contribution in [1.82, 2.24) is 4.57 Å². The average Bonchev–Trinajstić information content (AvgIpc) is 2.98. The van der Waals surface area contributed by atoms with Crippen molar-refractivity contribution in [2.75, 3.05) is 13.2 Å². The van der Waals surface area contributed by atoms with Gasteiger partial charge in [-0.1, -0.05) is 41.1 Å². The molecular formula is C20H17ClF2N2O2S. The molecular weight excluding hydrogens is 406 g/mol. The second-order valence-corrected chi connectivity index (χ2v) is 7.19. The third-order valence-corrected chi connectivity index (χ3v) is 5.24. The predicted octanol–water partition coefficient (Wildman–Crippen LogP) is 4.81. The number of fused-ring (bicyclic) bond motifs is 1. The lowest BCUT2D eigenvalue weighted by Gasteiger charge is -2.06. The van der Waals surface area contributed by atoms with Crippen LogP contribution in [0.3, 0.4) is 0 Å². The second-order valence-electron chi connectivity index (χ2n) is 5.77. The Morgan fingerprint density at radius 3 is 2.86 bits per heavy atom. The molecule has 146 valence electrons. The zero-order chi connectivity index (χ0) is 20.1. The van der Waals surface area contributed by atoms with E-state index in [9.17, 15) is 13.6 Å². The highest BCUT2D eigenvalue weighted by Crippen LogP contribution is 2.22. The molecule has 0 unspecified atom stereocenters. The van der Waals surface area contributed by atoms with Gasteiger partial charge in [0.25, 0.3) is 5.91 Å². The van der Waals surface area contributed by atoms with Crippen LogP contribution in [0.25, 0.3) is 16.3 Å². The number of ether oxygens (including phenoxy) is 1. The Morgan fingerprint density at radius 1 is 1.32 bits per heavy atom. The van der Waals surface area contributed by atoms with Gasteiger partial charge in [-0.2, -0.15) is 4.99 Å². The Bertz CT molecular complexity index is 1110. The molecule has 0 spiro atoms. The van der Waals surface area contributed by atoms with Crippen LogP contribution >= 0.6 is 22.9 Å². The van der Waals surface area contributed by atoms with Crippen LogP contribution in [-0.2, 0) is 16.1 Å². The van der Waals surface area contributed by atoms with Gasteiger partial charge in [0.05, 0.1) is 16.8 Å². The number of carbonyl (C=O) groups is 1. The van der Waals surface area contributed by atoms with Crippen LogP contribution < -0.4 is 4.80 Å². The molecule has 1 aromatic heterocycles. The van der Waals surface area contributed by atoms with Crippen LogP contribution in [0.2, 0.25) is 5.02 Å². The van der Waals surface area contributed by atoms with Crippen LogP contribution in [-0.4, -0.2) is 23.7 Å². The number of aromatic nitrogens is 1. The number of rotatable bonds is 6. The number of hydrogen-bond acceptors (Lipinski definition) is 3. The van der Waals surface area contributed by atoms with Crippen molar-refractivity contribution in [3.8, 4) is 0 Å². The van der Waals surface area contributed by atoms with E-state index in [1.165, 1.54) is 16.7 Å². The molecule has 0 fully saturated rings. The van der Waals surface area contributed by atoms with Crippen LogP contribution in [0, 0.1) is 11.6 Å². The fourth-order valence-corrected chi connectivity index (χ4v) is 3.92. The Balaban J connectivity index is 2.00. The van der Waals surface area contributed by atoms with Crippen LogP contribution in [0.1, 0.15) is 12.5 Å². The first-order valence-electron chi connectivity index (χ1n) is 8.57. The number of halogens is 3. The van der Waals surface area contributed by atoms with E-state index in [4.69, 9.17) is 16.3 Å². The highest BCUT2D eigenvalue weighted by molar-refractivity contribution is 7.16. The summed E-state index contributed by atoms with van der Waals surface area (Å²) in [5, 5.41) is 0.512. The molecule has 0 atom stereocenters. The number of benzene rings is 2. The van der Waals surface area contributed by atoms with Crippen LogP contribution in [0.5, 0.6) is 0 Å². The van der Waals surface area contributed by atoms with Gasteiger partial charge >= 0.3 is 0 Å². The molecule has 2 aromatic carbocycles. The van der Waals surface area contributed by atoms with Gasteiger partial charge in [-0.3, -0.25) is 4.79 Å². The van der Waals surface area contributed by atoms with E-state index in [-0.39, 0.29) is 16.9 Å². The Hall–Kier alpha value is -2.35. The molecule has 8 heteroatoms. The van der Waals surface area contributed by atoms with Crippen molar-refractivity contribution in [2.45, 2.75) is 13.5 Å². The third kappa shape index (κ3) is 4.73. The molecule has 0 aliphatic heterocycles. The number of carbonyl (C=O) groups excluding carboxylic acids is 1. The van der Waals surface area contributed by atoms with Gasteiger partial charge < -0.3 is 9.30 Å². The molecule has 1 heterocycles. The standard InChI is InChI=1S/C20H17ClF2N2O2S/c1-2-27-10-9-25-19-16(23)11-14(22)12-17(19)28-20(25)24-18(26)8-7-13-5-3-4-6-15(13)21/h3-8,11-12H,2,9-10H2,1H3/b8-7+,24-20?. The van der Waals surface area contributed by atoms with E-state index in [2.05, 4.69) is 4.99 Å². The molecule has 0 saturated heterocycles. The summed E-state index contributed by atoms with van der Waals surface area (Å²) in [6, 6.07) is 9.12. The van der Waals surface area contributed by atoms with Gasteiger partial charge in [-0.05, 0) is 30.7 Å². The minimum atomic E-state index is -0.705. The summed E-state index contributed by atoms with van der Waals surface area (Å²) in [5.41, 5.74) is 0.883.